The molecule has 2 aliphatic heterocycles. The fourth-order valence-corrected chi connectivity index (χ4v) is 4.47. The van der Waals surface area contributed by atoms with Crippen LogP contribution >= 0.6 is 0 Å². The summed E-state index contributed by atoms with van der Waals surface area (Å²) in [5, 5.41) is 0. The van der Waals surface area contributed by atoms with Crippen LogP contribution in [0.4, 0.5) is 0 Å². The van der Waals surface area contributed by atoms with E-state index in [1.165, 1.54) is 51.9 Å². The molecule has 0 aromatic carbocycles. The van der Waals surface area contributed by atoms with Crippen LogP contribution in [0, 0.1) is 11.3 Å². The van der Waals surface area contributed by atoms with Crippen LogP contribution in [0.3, 0.4) is 0 Å². The number of likely N-dealkylation sites (tertiary alicyclic amines) is 2. The van der Waals surface area contributed by atoms with Crippen LogP contribution in [0.15, 0.2) is 0 Å². The Morgan fingerprint density at radius 2 is 1.85 bits per heavy atom. The Morgan fingerprint density at radius 1 is 1.10 bits per heavy atom. The standard InChI is InChI=1S/C17H30N2O/c1-17(2)8-5-6-14(16(17)20)12-18-11-7-15(13-18)19-9-3-4-10-19/h14-15H,3-13H2,1-2H3. The van der Waals surface area contributed by atoms with E-state index in [-0.39, 0.29) is 5.41 Å². The van der Waals surface area contributed by atoms with Gasteiger partial charge in [-0.1, -0.05) is 20.3 Å². The topological polar surface area (TPSA) is 23.6 Å². The molecule has 3 heteroatoms. The summed E-state index contributed by atoms with van der Waals surface area (Å²) in [6.07, 6.45) is 7.50. The van der Waals surface area contributed by atoms with Gasteiger partial charge in [0.15, 0.2) is 0 Å². The van der Waals surface area contributed by atoms with Crippen molar-refractivity contribution in [3.63, 3.8) is 0 Å². The van der Waals surface area contributed by atoms with Crippen LogP contribution in [-0.4, -0.2) is 54.3 Å². The van der Waals surface area contributed by atoms with Crippen molar-refractivity contribution in [2.45, 2.75) is 58.4 Å². The number of ketones is 1. The number of hydrogen-bond acceptors (Lipinski definition) is 3. The summed E-state index contributed by atoms with van der Waals surface area (Å²) < 4.78 is 0. The van der Waals surface area contributed by atoms with Gasteiger partial charge in [0, 0.05) is 30.5 Å². The van der Waals surface area contributed by atoms with Crippen LogP contribution < -0.4 is 0 Å². The van der Waals surface area contributed by atoms with Crippen LogP contribution in [0.5, 0.6) is 0 Å². The second-order valence-electron chi connectivity index (χ2n) is 7.78. The van der Waals surface area contributed by atoms with Gasteiger partial charge in [-0.3, -0.25) is 9.69 Å². The number of carbonyl (C=O) groups excluding carboxylic acids is 1. The van der Waals surface area contributed by atoms with Crippen molar-refractivity contribution in [3.8, 4) is 0 Å². The molecule has 0 N–H and O–H groups in total. The lowest BCUT2D eigenvalue weighted by molar-refractivity contribution is -0.134. The minimum Gasteiger partial charge on any atom is -0.301 e. The first-order chi connectivity index (χ1) is 9.56. The van der Waals surface area contributed by atoms with Crippen molar-refractivity contribution in [2.24, 2.45) is 11.3 Å². The SMILES string of the molecule is CC1(C)CCCC(CN2CCC(N3CCCC3)C2)C1=O. The largest absolute Gasteiger partial charge is 0.301 e. The quantitative estimate of drug-likeness (QED) is 0.792. The van der Waals surface area contributed by atoms with Gasteiger partial charge in [-0.2, -0.15) is 0 Å². The highest BCUT2D eigenvalue weighted by atomic mass is 16.1. The molecule has 0 bridgehead atoms. The van der Waals surface area contributed by atoms with Gasteiger partial charge in [0.2, 0.25) is 0 Å². The lowest BCUT2D eigenvalue weighted by Crippen LogP contribution is -2.42. The third-order valence-electron chi connectivity index (χ3n) is 5.78. The first-order valence-corrected chi connectivity index (χ1v) is 8.57. The Labute approximate surface area is 123 Å². The van der Waals surface area contributed by atoms with Crippen molar-refractivity contribution in [1.29, 1.82) is 0 Å². The Kier molecular flexibility index (Phi) is 4.19. The summed E-state index contributed by atoms with van der Waals surface area (Å²) in [7, 11) is 0. The van der Waals surface area contributed by atoms with Gasteiger partial charge in [0.1, 0.15) is 5.78 Å². The van der Waals surface area contributed by atoms with Crippen LogP contribution in [0.1, 0.15) is 52.4 Å². The molecule has 0 spiro atoms. The Bertz CT molecular complexity index is 360. The van der Waals surface area contributed by atoms with Gasteiger partial charge in [0.25, 0.3) is 0 Å². The Morgan fingerprint density at radius 3 is 2.60 bits per heavy atom. The van der Waals surface area contributed by atoms with Gasteiger partial charge < -0.3 is 4.90 Å². The summed E-state index contributed by atoms with van der Waals surface area (Å²) in [6, 6.07) is 0.768. The molecular formula is C17H30N2O. The number of carbonyl (C=O) groups is 1. The molecule has 2 atom stereocenters. The third kappa shape index (κ3) is 2.94. The summed E-state index contributed by atoms with van der Waals surface area (Å²) in [5.74, 6) is 0.824. The van der Waals surface area contributed by atoms with Crippen molar-refractivity contribution in [3.05, 3.63) is 0 Å². The van der Waals surface area contributed by atoms with E-state index < -0.39 is 0 Å². The Balaban J connectivity index is 1.52. The number of hydrogen-bond donors (Lipinski definition) is 0. The maximum absolute atomic E-state index is 12.5. The molecule has 1 aliphatic carbocycles. The van der Waals surface area contributed by atoms with E-state index >= 15 is 0 Å². The smallest absolute Gasteiger partial charge is 0.142 e. The maximum atomic E-state index is 12.5. The van der Waals surface area contributed by atoms with E-state index in [1.54, 1.807) is 0 Å². The summed E-state index contributed by atoms with van der Waals surface area (Å²) >= 11 is 0. The molecule has 3 fully saturated rings. The van der Waals surface area contributed by atoms with Crippen LogP contribution in [0.2, 0.25) is 0 Å². The minimum absolute atomic E-state index is 0.0724. The Hall–Kier alpha value is -0.410. The zero-order valence-electron chi connectivity index (χ0n) is 13.2. The highest BCUT2D eigenvalue weighted by Gasteiger charge is 2.39. The molecule has 20 heavy (non-hydrogen) atoms. The normalized spacial score (nSPS) is 35.8. The van der Waals surface area contributed by atoms with Gasteiger partial charge >= 0.3 is 0 Å². The molecule has 0 aromatic heterocycles. The van der Waals surface area contributed by atoms with Crippen molar-refractivity contribution in [2.75, 3.05) is 32.7 Å². The first-order valence-electron chi connectivity index (χ1n) is 8.57. The van der Waals surface area contributed by atoms with Gasteiger partial charge in [0.05, 0.1) is 0 Å². The monoisotopic (exact) mass is 278 g/mol. The number of rotatable bonds is 3. The molecule has 0 aromatic rings. The molecule has 2 saturated heterocycles. The zero-order valence-corrected chi connectivity index (χ0v) is 13.2. The highest BCUT2D eigenvalue weighted by Crippen LogP contribution is 2.36. The van der Waals surface area contributed by atoms with E-state index in [9.17, 15) is 4.79 Å². The van der Waals surface area contributed by atoms with Crippen molar-refractivity contribution >= 4 is 5.78 Å². The first kappa shape index (κ1) is 14.5. The molecular weight excluding hydrogens is 248 g/mol. The van der Waals surface area contributed by atoms with Gasteiger partial charge in [-0.25, -0.2) is 0 Å². The fourth-order valence-electron chi connectivity index (χ4n) is 4.47. The third-order valence-corrected chi connectivity index (χ3v) is 5.78. The average molecular weight is 278 g/mol. The molecule has 0 radical (unpaired) electrons. The predicted molar refractivity (Wildman–Crippen MR) is 81.8 cm³/mol. The van der Waals surface area contributed by atoms with E-state index in [0.29, 0.717) is 11.7 Å². The second-order valence-corrected chi connectivity index (χ2v) is 7.78. The number of nitrogens with zero attached hydrogens (tertiary/aromatic N) is 2. The van der Waals surface area contributed by atoms with Crippen LogP contribution in [0.25, 0.3) is 0 Å². The summed E-state index contributed by atoms with van der Waals surface area (Å²) in [5.41, 5.74) is -0.0724. The fraction of sp³-hybridized carbons (Fsp3) is 0.941. The van der Waals surface area contributed by atoms with Crippen LogP contribution in [-0.2, 0) is 4.79 Å². The lowest BCUT2D eigenvalue weighted by atomic mass is 9.71. The molecule has 3 rings (SSSR count). The highest BCUT2D eigenvalue weighted by molar-refractivity contribution is 5.87. The molecule has 0 amide bonds. The minimum atomic E-state index is -0.0724. The van der Waals surface area contributed by atoms with E-state index in [0.717, 1.165) is 25.4 Å². The molecule has 2 heterocycles. The molecule has 114 valence electrons. The van der Waals surface area contributed by atoms with Gasteiger partial charge in [-0.15, -0.1) is 0 Å². The van der Waals surface area contributed by atoms with Crippen molar-refractivity contribution < 1.29 is 4.79 Å². The molecule has 2 unspecified atom stereocenters. The molecule has 3 aliphatic rings. The zero-order chi connectivity index (χ0) is 14.2. The molecule has 1 saturated carbocycles. The second kappa shape index (κ2) is 5.76. The van der Waals surface area contributed by atoms with E-state index in [2.05, 4.69) is 23.6 Å². The van der Waals surface area contributed by atoms with Gasteiger partial charge in [-0.05, 0) is 51.7 Å². The van der Waals surface area contributed by atoms with Crippen molar-refractivity contribution in [1.82, 2.24) is 9.80 Å². The average Bonchev–Trinajstić information content (AvgIpc) is 3.05. The van der Waals surface area contributed by atoms with E-state index in [4.69, 9.17) is 0 Å². The summed E-state index contributed by atoms with van der Waals surface area (Å²) in [6.45, 7) is 10.3. The summed E-state index contributed by atoms with van der Waals surface area (Å²) in [4.78, 5) is 17.8. The number of Topliss-reactive ketones (excluding diaryl/α,β-unsaturated/α-hetero) is 1. The predicted octanol–water partition coefficient (Wildman–Crippen LogP) is 2.55. The lowest BCUT2D eigenvalue weighted by Gasteiger charge is -2.35. The van der Waals surface area contributed by atoms with E-state index in [1.807, 2.05) is 0 Å². The maximum Gasteiger partial charge on any atom is 0.142 e. The molecule has 3 nitrogen and oxygen atoms in total.